The molecule has 1 fully saturated rings. The Morgan fingerprint density at radius 2 is 1.37 bits per heavy atom. The van der Waals surface area contributed by atoms with Crippen LogP contribution < -0.4 is 20.9 Å². The molecule has 1 aliphatic rings. The summed E-state index contributed by atoms with van der Waals surface area (Å²) in [6, 6.07) is 19.8. The molecule has 0 spiro atoms. The summed E-state index contributed by atoms with van der Waals surface area (Å²) in [6.45, 7) is 2.57. The highest BCUT2D eigenvalue weighted by molar-refractivity contribution is 6.39. The molecule has 0 aliphatic carbocycles. The molecule has 35 heavy (non-hydrogen) atoms. The van der Waals surface area contributed by atoms with Gasteiger partial charge in [0.05, 0.1) is 33.0 Å². The second-order valence-electron chi connectivity index (χ2n) is 7.93. The molecule has 3 amide bonds. The van der Waals surface area contributed by atoms with E-state index in [-0.39, 0.29) is 18.5 Å². The van der Waals surface area contributed by atoms with Gasteiger partial charge in [0.1, 0.15) is 0 Å². The third kappa shape index (κ3) is 6.51. The Kier molecular flexibility index (Phi) is 8.23. The van der Waals surface area contributed by atoms with Crippen LogP contribution in [0.2, 0.25) is 15.1 Å². The van der Waals surface area contributed by atoms with E-state index in [1.165, 1.54) is 0 Å². The number of anilines is 4. The second-order valence-corrected chi connectivity index (χ2v) is 9.15. The van der Waals surface area contributed by atoms with Crippen molar-refractivity contribution in [2.24, 2.45) is 0 Å². The molecule has 3 aromatic carbocycles. The SMILES string of the molecule is O=C(CNc1ccccc1Cl)Nc1ccc(N2CCN(C(=O)Nc3c(Cl)cccc3Cl)CC2)cc1. The molecule has 3 N–H and O–H groups in total. The normalized spacial score (nSPS) is 13.3. The minimum Gasteiger partial charge on any atom is -0.375 e. The number of urea groups is 1. The van der Waals surface area contributed by atoms with Gasteiger partial charge in [-0.25, -0.2) is 4.79 Å². The Bertz CT molecular complexity index is 1180. The van der Waals surface area contributed by atoms with Crippen molar-refractivity contribution in [3.63, 3.8) is 0 Å². The van der Waals surface area contributed by atoms with Gasteiger partial charge in [-0.15, -0.1) is 0 Å². The minimum absolute atomic E-state index is 0.106. The van der Waals surface area contributed by atoms with Crippen LogP contribution in [0.4, 0.5) is 27.5 Å². The number of hydrogen-bond acceptors (Lipinski definition) is 4. The molecule has 0 atom stereocenters. The predicted molar refractivity (Wildman–Crippen MR) is 144 cm³/mol. The minimum atomic E-state index is -0.233. The summed E-state index contributed by atoms with van der Waals surface area (Å²) in [6.07, 6.45) is 0. The smallest absolute Gasteiger partial charge is 0.322 e. The third-order valence-electron chi connectivity index (χ3n) is 5.59. The van der Waals surface area contributed by atoms with E-state index < -0.39 is 0 Å². The number of carbonyl (C=O) groups is 2. The maximum absolute atomic E-state index is 12.7. The van der Waals surface area contributed by atoms with E-state index in [9.17, 15) is 9.59 Å². The molecule has 0 saturated carbocycles. The van der Waals surface area contributed by atoms with Crippen molar-refractivity contribution in [3.8, 4) is 0 Å². The lowest BCUT2D eigenvalue weighted by atomic mass is 10.2. The Morgan fingerprint density at radius 1 is 0.743 bits per heavy atom. The van der Waals surface area contributed by atoms with Gasteiger partial charge in [-0.2, -0.15) is 0 Å². The maximum atomic E-state index is 12.7. The zero-order chi connectivity index (χ0) is 24.8. The summed E-state index contributed by atoms with van der Waals surface area (Å²) >= 11 is 18.4. The van der Waals surface area contributed by atoms with Crippen LogP contribution in [0.5, 0.6) is 0 Å². The molecule has 10 heteroatoms. The van der Waals surface area contributed by atoms with Gasteiger partial charge >= 0.3 is 6.03 Å². The molecule has 7 nitrogen and oxygen atoms in total. The van der Waals surface area contributed by atoms with Gasteiger partial charge in [0, 0.05) is 37.6 Å². The van der Waals surface area contributed by atoms with Crippen LogP contribution >= 0.6 is 34.8 Å². The number of rotatable bonds is 6. The average molecular weight is 533 g/mol. The number of hydrogen-bond donors (Lipinski definition) is 3. The first-order chi connectivity index (χ1) is 16.9. The summed E-state index contributed by atoms with van der Waals surface area (Å²) in [5.41, 5.74) is 2.85. The number of amides is 3. The largest absolute Gasteiger partial charge is 0.375 e. The molecule has 1 heterocycles. The monoisotopic (exact) mass is 531 g/mol. The van der Waals surface area contributed by atoms with Crippen LogP contribution in [0.15, 0.2) is 66.7 Å². The topological polar surface area (TPSA) is 76.7 Å². The Morgan fingerprint density at radius 3 is 2.03 bits per heavy atom. The number of benzene rings is 3. The fraction of sp³-hybridized carbons (Fsp3) is 0.200. The van der Waals surface area contributed by atoms with Crippen molar-refractivity contribution in [3.05, 3.63) is 81.8 Å². The molecule has 0 bridgehead atoms. The molecule has 3 aromatic rings. The van der Waals surface area contributed by atoms with Crippen LogP contribution in [-0.2, 0) is 4.79 Å². The lowest BCUT2D eigenvalue weighted by molar-refractivity contribution is -0.114. The van der Waals surface area contributed by atoms with Crippen molar-refractivity contribution in [2.75, 3.05) is 53.6 Å². The second kappa shape index (κ2) is 11.5. The predicted octanol–water partition coefficient (Wildman–Crippen LogP) is 6.05. The lowest BCUT2D eigenvalue weighted by Crippen LogP contribution is -2.50. The van der Waals surface area contributed by atoms with Gasteiger partial charge in [-0.1, -0.05) is 53.0 Å². The number of nitrogens with one attached hydrogen (secondary N) is 3. The fourth-order valence-electron chi connectivity index (χ4n) is 3.71. The molecule has 1 aliphatic heterocycles. The van der Waals surface area contributed by atoms with E-state index in [1.807, 2.05) is 42.5 Å². The van der Waals surface area contributed by atoms with Gasteiger partial charge < -0.3 is 25.8 Å². The van der Waals surface area contributed by atoms with E-state index in [1.54, 1.807) is 29.2 Å². The average Bonchev–Trinajstić information content (AvgIpc) is 2.86. The van der Waals surface area contributed by atoms with E-state index in [0.29, 0.717) is 58.3 Å². The Hall–Kier alpha value is -3.13. The number of nitrogens with zero attached hydrogens (tertiary/aromatic N) is 2. The summed E-state index contributed by atoms with van der Waals surface area (Å²) in [4.78, 5) is 28.8. The summed E-state index contributed by atoms with van der Waals surface area (Å²) < 4.78 is 0. The third-order valence-corrected chi connectivity index (χ3v) is 6.55. The molecule has 0 aromatic heterocycles. The summed E-state index contributed by atoms with van der Waals surface area (Å²) in [5.74, 6) is -0.170. The van der Waals surface area contributed by atoms with E-state index in [4.69, 9.17) is 34.8 Å². The van der Waals surface area contributed by atoms with E-state index in [0.717, 1.165) is 5.69 Å². The number of carbonyl (C=O) groups excluding carboxylic acids is 2. The molecule has 0 unspecified atom stereocenters. The molecule has 0 radical (unpaired) electrons. The first kappa shape index (κ1) is 25.0. The van der Waals surface area contributed by atoms with E-state index >= 15 is 0 Å². The molecule has 4 rings (SSSR count). The quantitative estimate of drug-likeness (QED) is 0.361. The van der Waals surface area contributed by atoms with Gasteiger partial charge in [0.25, 0.3) is 0 Å². The van der Waals surface area contributed by atoms with E-state index in [2.05, 4.69) is 20.9 Å². The standard InChI is InChI=1S/C25H24Cl3N5O2/c26-19-4-1-2-7-22(19)29-16-23(34)30-17-8-10-18(11-9-17)32-12-14-33(15-13-32)25(35)31-24-20(27)5-3-6-21(24)28/h1-11,29H,12-16H2,(H,30,34)(H,31,35). The van der Waals surface area contributed by atoms with Gasteiger partial charge in [0.2, 0.25) is 5.91 Å². The van der Waals surface area contributed by atoms with Crippen molar-refractivity contribution < 1.29 is 9.59 Å². The summed E-state index contributed by atoms with van der Waals surface area (Å²) in [5, 5.41) is 10.1. The number of piperazine rings is 1. The fourth-order valence-corrected chi connectivity index (χ4v) is 4.41. The van der Waals surface area contributed by atoms with Crippen molar-refractivity contribution >= 4 is 69.5 Å². The lowest BCUT2D eigenvalue weighted by Gasteiger charge is -2.36. The van der Waals surface area contributed by atoms with Crippen LogP contribution in [0.1, 0.15) is 0 Å². The summed E-state index contributed by atoms with van der Waals surface area (Å²) in [7, 11) is 0. The van der Waals surface area contributed by atoms with Gasteiger partial charge in [0.15, 0.2) is 0 Å². The highest BCUT2D eigenvalue weighted by atomic mass is 35.5. The van der Waals surface area contributed by atoms with Crippen LogP contribution in [-0.4, -0.2) is 49.6 Å². The molecular weight excluding hydrogens is 509 g/mol. The van der Waals surface area contributed by atoms with Crippen LogP contribution in [0.25, 0.3) is 0 Å². The van der Waals surface area contributed by atoms with Gasteiger partial charge in [-0.3, -0.25) is 4.79 Å². The maximum Gasteiger partial charge on any atom is 0.322 e. The molecular formula is C25H24Cl3N5O2. The Balaban J connectivity index is 1.25. The Labute approximate surface area is 218 Å². The zero-order valence-corrected chi connectivity index (χ0v) is 21.0. The van der Waals surface area contributed by atoms with Crippen molar-refractivity contribution in [1.82, 2.24) is 4.90 Å². The highest BCUT2D eigenvalue weighted by Crippen LogP contribution is 2.30. The number of halogens is 3. The highest BCUT2D eigenvalue weighted by Gasteiger charge is 2.22. The number of para-hydroxylation sites is 2. The van der Waals surface area contributed by atoms with Crippen molar-refractivity contribution in [1.29, 1.82) is 0 Å². The van der Waals surface area contributed by atoms with Crippen LogP contribution in [0, 0.1) is 0 Å². The molecule has 1 saturated heterocycles. The van der Waals surface area contributed by atoms with Crippen LogP contribution in [0.3, 0.4) is 0 Å². The first-order valence-corrected chi connectivity index (χ1v) is 12.2. The van der Waals surface area contributed by atoms with Gasteiger partial charge in [-0.05, 0) is 48.5 Å². The van der Waals surface area contributed by atoms with Crippen molar-refractivity contribution in [2.45, 2.75) is 0 Å². The molecule has 182 valence electrons. The first-order valence-electron chi connectivity index (χ1n) is 11.0. The zero-order valence-electron chi connectivity index (χ0n) is 18.7.